The third kappa shape index (κ3) is 2.93. The van der Waals surface area contributed by atoms with Crippen molar-refractivity contribution < 1.29 is 9.90 Å². The van der Waals surface area contributed by atoms with Gasteiger partial charge < -0.3 is 10.8 Å². The van der Waals surface area contributed by atoms with Crippen molar-refractivity contribution in [2.45, 2.75) is 12.5 Å². The molecule has 0 bridgehead atoms. The maximum absolute atomic E-state index is 10.7. The molecule has 2 aromatic rings. The van der Waals surface area contributed by atoms with E-state index in [0.29, 0.717) is 6.42 Å². The summed E-state index contributed by atoms with van der Waals surface area (Å²) < 4.78 is 0. The molecule has 0 saturated carbocycles. The van der Waals surface area contributed by atoms with Gasteiger partial charge in [0.1, 0.15) is 6.04 Å². The van der Waals surface area contributed by atoms with Gasteiger partial charge in [-0.2, -0.15) is 0 Å². The molecule has 1 aromatic heterocycles. The molecule has 3 nitrogen and oxygen atoms in total. The van der Waals surface area contributed by atoms with E-state index in [1.54, 1.807) is 11.3 Å². The molecule has 1 unspecified atom stereocenters. The molecular weight excluding hydrogens is 234 g/mol. The number of aliphatic carboxylic acids is 1. The molecule has 0 spiro atoms. The van der Waals surface area contributed by atoms with Crippen LogP contribution in [0.15, 0.2) is 42.5 Å². The second-order valence-electron chi connectivity index (χ2n) is 3.78. The van der Waals surface area contributed by atoms with E-state index in [2.05, 4.69) is 0 Å². The van der Waals surface area contributed by atoms with Gasteiger partial charge in [-0.1, -0.05) is 30.3 Å². The normalized spacial score (nSPS) is 12.3. The van der Waals surface area contributed by atoms with E-state index in [9.17, 15) is 4.79 Å². The maximum atomic E-state index is 10.7. The minimum atomic E-state index is -0.959. The van der Waals surface area contributed by atoms with Crippen LogP contribution in [0.3, 0.4) is 0 Å². The molecule has 0 aliphatic rings. The smallest absolute Gasteiger partial charge is 0.320 e. The van der Waals surface area contributed by atoms with Crippen LogP contribution in [-0.2, 0) is 11.2 Å². The number of rotatable bonds is 4. The summed E-state index contributed by atoms with van der Waals surface area (Å²) in [7, 11) is 0. The first-order valence-corrected chi connectivity index (χ1v) is 6.11. The average Bonchev–Trinajstić information content (AvgIpc) is 2.78. The summed E-state index contributed by atoms with van der Waals surface area (Å²) >= 11 is 1.59. The highest BCUT2D eigenvalue weighted by molar-refractivity contribution is 7.15. The third-order valence-electron chi connectivity index (χ3n) is 2.46. The van der Waals surface area contributed by atoms with Crippen LogP contribution in [0.4, 0.5) is 0 Å². The van der Waals surface area contributed by atoms with Crippen LogP contribution in [0.1, 0.15) is 4.88 Å². The molecule has 88 valence electrons. The number of carbonyl (C=O) groups is 1. The van der Waals surface area contributed by atoms with E-state index >= 15 is 0 Å². The lowest BCUT2D eigenvalue weighted by atomic mass is 10.2. The molecule has 0 aliphatic carbocycles. The van der Waals surface area contributed by atoms with Gasteiger partial charge in [0.2, 0.25) is 0 Å². The van der Waals surface area contributed by atoms with Crippen molar-refractivity contribution in [1.82, 2.24) is 0 Å². The van der Waals surface area contributed by atoms with Crippen molar-refractivity contribution in [1.29, 1.82) is 0 Å². The molecule has 1 heterocycles. The Morgan fingerprint density at radius 1 is 1.24 bits per heavy atom. The largest absolute Gasteiger partial charge is 0.480 e. The van der Waals surface area contributed by atoms with E-state index in [4.69, 9.17) is 10.8 Å². The zero-order valence-corrected chi connectivity index (χ0v) is 9.98. The molecule has 4 heteroatoms. The Morgan fingerprint density at radius 2 is 1.94 bits per heavy atom. The number of benzene rings is 1. The van der Waals surface area contributed by atoms with E-state index in [0.717, 1.165) is 15.3 Å². The Bertz CT molecular complexity index is 507. The van der Waals surface area contributed by atoms with Gasteiger partial charge in [-0.05, 0) is 17.7 Å². The number of thiophene rings is 1. The van der Waals surface area contributed by atoms with Gasteiger partial charge in [-0.25, -0.2) is 0 Å². The first-order chi connectivity index (χ1) is 8.16. The molecule has 0 saturated heterocycles. The number of carboxylic acids is 1. The van der Waals surface area contributed by atoms with Crippen molar-refractivity contribution in [3.63, 3.8) is 0 Å². The van der Waals surface area contributed by atoms with Crippen molar-refractivity contribution in [2.24, 2.45) is 5.73 Å². The fraction of sp³-hybridized carbons (Fsp3) is 0.154. The lowest BCUT2D eigenvalue weighted by Crippen LogP contribution is -2.31. The highest BCUT2D eigenvalue weighted by Gasteiger charge is 2.13. The maximum Gasteiger partial charge on any atom is 0.320 e. The predicted molar refractivity (Wildman–Crippen MR) is 69.1 cm³/mol. The molecule has 1 atom stereocenters. The van der Waals surface area contributed by atoms with Gasteiger partial charge in [0, 0.05) is 16.2 Å². The average molecular weight is 247 g/mol. The Morgan fingerprint density at radius 3 is 2.59 bits per heavy atom. The van der Waals surface area contributed by atoms with Crippen LogP contribution in [0.2, 0.25) is 0 Å². The van der Waals surface area contributed by atoms with Gasteiger partial charge in [-0.3, -0.25) is 4.79 Å². The Balaban J connectivity index is 2.14. The molecule has 3 N–H and O–H groups in total. The van der Waals surface area contributed by atoms with Crippen LogP contribution in [0.5, 0.6) is 0 Å². The molecule has 17 heavy (non-hydrogen) atoms. The molecule has 0 fully saturated rings. The number of carboxylic acid groups (broad SMARTS) is 1. The lowest BCUT2D eigenvalue weighted by molar-refractivity contribution is -0.138. The van der Waals surface area contributed by atoms with E-state index in [1.807, 2.05) is 42.5 Å². The summed E-state index contributed by atoms with van der Waals surface area (Å²) in [6.07, 6.45) is 0.382. The van der Waals surface area contributed by atoms with Crippen molar-refractivity contribution >= 4 is 17.3 Å². The zero-order chi connectivity index (χ0) is 12.3. The van der Waals surface area contributed by atoms with Crippen LogP contribution >= 0.6 is 11.3 Å². The van der Waals surface area contributed by atoms with Crippen molar-refractivity contribution in [3.8, 4) is 10.4 Å². The first kappa shape index (κ1) is 11.8. The van der Waals surface area contributed by atoms with Crippen molar-refractivity contribution in [3.05, 3.63) is 47.3 Å². The highest BCUT2D eigenvalue weighted by Crippen LogP contribution is 2.28. The SMILES string of the molecule is NC(Cc1ccc(-c2ccccc2)s1)C(=O)O. The molecule has 2 rings (SSSR count). The second kappa shape index (κ2) is 5.12. The minimum Gasteiger partial charge on any atom is -0.480 e. The topological polar surface area (TPSA) is 63.3 Å². The highest BCUT2D eigenvalue weighted by atomic mass is 32.1. The minimum absolute atomic E-state index is 0.382. The quantitative estimate of drug-likeness (QED) is 0.871. The summed E-state index contributed by atoms with van der Waals surface area (Å²) in [5.74, 6) is -0.959. The summed E-state index contributed by atoms with van der Waals surface area (Å²) in [6.45, 7) is 0. The van der Waals surface area contributed by atoms with Crippen LogP contribution in [0, 0.1) is 0 Å². The van der Waals surface area contributed by atoms with E-state index in [1.165, 1.54) is 0 Å². The molecule has 1 aromatic carbocycles. The Labute approximate surface area is 104 Å². The monoisotopic (exact) mass is 247 g/mol. The van der Waals surface area contributed by atoms with Crippen LogP contribution < -0.4 is 5.73 Å². The Hall–Kier alpha value is -1.65. The first-order valence-electron chi connectivity index (χ1n) is 5.29. The third-order valence-corrected chi connectivity index (χ3v) is 3.61. The molecule has 0 radical (unpaired) electrons. The standard InChI is InChI=1S/C13H13NO2S/c14-11(13(15)16)8-10-6-7-12(17-10)9-4-2-1-3-5-9/h1-7,11H,8,14H2,(H,15,16). The molecule has 0 aliphatic heterocycles. The number of hydrogen-bond donors (Lipinski definition) is 2. The van der Waals surface area contributed by atoms with Gasteiger partial charge in [-0.15, -0.1) is 11.3 Å². The Kier molecular flexibility index (Phi) is 3.56. The van der Waals surface area contributed by atoms with Gasteiger partial charge in [0.25, 0.3) is 0 Å². The molecular formula is C13H13NO2S. The lowest BCUT2D eigenvalue weighted by Gasteiger charge is -2.02. The van der Waals surface area contributed by atoms with Gasteiger partial charge in [0.05, 0.1) is 0 Å². The summed E-state index contributed by atoms with van der Waals surface area (Å²) in [6, 6.07) is 13.1. The van der Waals surface area contributed by atoms with E-state index < -0.39 is 12.0 Å². The predicted octanol–water partition coefficient (Wildman–Crippen LogP) is 2.37. The zero-order valence-electron chi connectivity index (χ0n) is 9.17. The number of nitrogens with two attached hydrogens (primary N) is 1. The summed E-state index contributed by atoms with van der Waals surface area (Å²) in [5.41, 5.74) is 6.65. The fourth-order valence-corrected chi connectivity index (χ4v) is 2.62. The molecule has 0 amide bonds. The second-order valence-corrected chi connectivity index (χ2v) is 4.95. The van der Waals surface area contributed by atoms with Gasteiger partial charge >= 0.3 is 5.97 Å². The van der Waals surface area contributed by atoms with Gasteiger partial charge in [0.15, 0.2) is 0 Å². The summed E-state index contributed by atoms with van der Waals surface area (Å²) in [4.78, 5) is 12.8. The van der Waals surface area contributed by atoms with Crippen LogP contribution in [0.25, 0.3) is 10.4 Å². The number of hydrogen-bond acceptors (Lipinski definition) is 3. The van der Waals surface area contributed by atoms with Crippen molar-refractivity contribution in [2.75, 3.05) is 0 Å². The van der Waals surface area contributed by atoms with Crippen LogP contribution in [-0.4, -0.2) is 17.1 Å². The fourth-order valence-electron chi connectivity index (χ4n) is 1.55. The van der Waals surface area contributed by atoms with E-state index in [-0.39, 0.29) is 0 Å². The summed E-state index contributed by atoms with van der Waals surface area (Å²) in [5, 5.41) is 8.75.